The van der Waals surface area contributed by atoms with E-state index in [0.29, 0.717) is 17.3 Å². The number of carbonyl (C=O) groups excluding carboxylic acids is 1. The van der Waals surface area contributed by atoms with Crippen molar-refractivity contribution in [2.24, 2.45) is 5.92 Å². The molecule has 0 aliphatic rings. The topological polar surface area (TPSA) is 88.2 Å². The van der Waals surface area contributed by atoms with Gasteiger partial charge >= 0.3 is 0 Å². The van der Waals surface area contributed by atoms with Crippen molar-refractivity contribution >= 4 is 17.5 Å². The monoisotopic (exact) mass is 309 g/mol. The van der Waals surface area contributed by atoms with Gasteiger partial charge in [0, 0.05) is 5.56 Å². The number of aryl methyl sites for hydroxylation is 1. The fourth-order valence-corrected chi connectivity index (χ4v) is 2.01. The molecule has 0 spiro atoms. The van der Waals surface area contributed by atoms with E-state index in [2.05, 4.69) is 15.5 Å². The molecule has 6 nitrogen and oxygen atoms in total. The second kappa shape index (κ2) is 6.13. The summed E-state index contributed by atoms with van der Waals surface area (Å²) in [5, 5.41) is 16.1. The maximum absolute atomic E-state index is 12.3. The highest BCUT2D eigenvalue weighted by molar-refractivity contribution is 6.32. The molecule has 112 valence electrons. The third-order valence-electron chi connectivity index (χ3n) is 2.97. The Morgan fingerprint density at radius 2 is 2.14 bits per heavy atom. The van der Waals surface area contributed by atoms with Crippen LogP contribution >= 0.6 is 11.6 Å². The highest BCUT2D eigenvalue weighted by Gasteiger charge is 2.24. The zero-order chi connectivity index (χ0) is 15.6. The van der Waals surface area contributed by atoms with Gasteiger partial charge < -0.3 is 14.9 Å². The summed E-state index contributed by atoms with van der Waals surface area (Å²) in [4.78, 5) is 16.4. The molecule has 0 aliphatic carbocycles. The Morgan fingerprint density at radius 1 is 1.43 bits per heavy atom. The summed E-state index contributed by atoms with van der Waals surface area (Å²) in [5.74, 6) is 0.548. The summed E-state index contributed by atoms with van der Waals surface area (Å²) in [7, 11) is 0. The highest BCUT2D eigenvalue weighted by atomic mass is 35.5. The lowest BCUT2D eigenvalue weighted by molar-refractivity contribution is 0.0914. The van der Waals surface area contributed by atoms with Crippen molar-refractivity contribution < 1.29 is 14.4 Å². The second-order valence-electron chi connectivity index (χ2n) is 5.04. The van der Waals surface area contributed by atoms with E-state index in [4.69, 9.17) is 16.1 Å². The number of hydrogen-bond donors (Lipinski definition) is 2. The van der Waals surface area contributed by atoms with Crippen LogP contribution in [0.4, 0.5) is 0 Å². The van der Waals surface area contributed by atoms with Crippen LogP contribution in [0.25, 0.3) is 0 Å². The lowest BCUT2D eigenvalue weighted by Crippen LogP contribution is -2.32. The molecular weight excluding hydrogens is 294 g/mol. The number of nitrogens with one attached hydrogen (secondary N) is 1. The quantitative estimate of drug-likeness (QED) is 0.906. The number of benzene rings is 1. The maximum Gasteiger partial charge on any atom is 0.251 e. The van der Waals surface area contributed by atoms with E-state index in [-0.39, 0.29) is 22.6 Å². The van der Waals surface area contributed by atoms with Gasteiger partial charge in [0.15, 0.2) is 5.82 Å². The van der Waals surface area contributed by atoms with Crippen LogP contribution in [0.1, 0.15) is 42.0 Å². The van der Waals surface area contributed by atoms with Gasteiger partial charge in [-0.15, -0.1) is 0 Å². The fourth-order valence-electron chi connectivity index (χ4n) is 1.83. The number of aromatic nitrogens is 2. The normalized spacial score (nSPS) is 12.4. The summed E-state index contributed by atoms with van der Waals surface area (Å²) in [6, 6.07) is 3.88. The molecule has 2 N–H and O–H groups in total. The van der Waals surface area contributed by atoms with Gasteiger partial charge in [0.1, 0.15) is 11.8 Å². The smallest absolute Gasteiger partial charge is 0.251 e. The van der Waals surface area contributed by atoms with Gasteiger partial charge in [-0.25, -0.2) is 0 Å². The van der Waals surface area contributed by atoms with Crippen LogP contribution in [0.5, 0.6) is 5.75 Å². The first-order valence-corrected chi connectivity index (χ1v) is 6.86. The van der Waals surface area contributed by atoms with Gasteiger partial charge in [-0.05, 0) is 31.0 Å². The van der Waals surface area contributed by atoms with Gasteiger partial charge in [0.2, 0.25) is 5.89 Å². The first-order valence-electron chi connectivity index (χ1n) is 6.48. The molecule has 0 saturated carbocycles. The van der Waals surface area contributed by atoms with Crippen molar-refractivity contribution in [3.05, 3.63) is 40.5 Å². The molecule has 1 aromatic heterocycles. The predicted molar refractivity (Wildman–Crippen MR) is 77.2 cm³/mol. The zero-order valence-corrected chi connectivity index (χ0v) is 12.7. The van der Waals surface area contributed by atoms with E-state index in [9.17, 15) is 9.90 Å². The third kappa shape index (κ3) is 3.52. The molecule has 1 amide bonds. The minimum Gasteiger partial charge on any atom is -0.506 e. The van der Waals surface area contributed by atoms with Crippen LogP contribution < -0.4 is 5.32 Å². The number of amides is 1. The minimum absolute atomic E-state index is 0.0684. The van der Waals surface area contributed by atoms with Crippen LogP contribution in [0.2, 0.25) is 5.02 Å². The minimum atomic E-state index is -0.397. The van der Waals surface area contributed by atoms with Crippen LogP contribution in [-0.4, -0.2) is 21.2 Å². The number of carbonyl (C=O) groups is 1. The van der Waals surface area contributed by atoms with Crippen molar-refractivity contribution in [3.8, 4) is 5.75 Å². The molecule has 0 radical (unpaired) electrons. The van der Waals surface area contributed by atoms with E-state index in [1.807, 2.05) is 13.8 Å². The van der Waals surface area contributed by atoms with E-state index in [0.717, 1.165) is 0 Å². The maximum atomic E-state index is 12.3. The number of halogens is 1. The Morgan fingerprint density at radius 3 is 2.67 bits per heavy atom. The fraction of sp³-hybridized carbons (Fsp3) is 0.357. The lowest BCUT2D eigenvalue weighted by Gasteiger charge is -2.18. The Hall–Kier alpha value is -2.08. The van der Waals surface area contributed by atoms with Crippen molar-refractivity contribution in [1.29, 1.82) is 0 Å². The standard InChI is InChI=1S/C14H16ClN3O3/c1-7(2)12(14-16-8(3)18-21-14)17-13(20)9-4-5-11(19)10(15)6-9/h4-7,12,19H,1-3H3,(H,17,20). The van der Waals surface area contributed by atoms with Gasteiger partial charge in [0.25, 0.3) is 5.91 Å². The Kier molecular flexibility index (Phi) is 4.47. The Bertz CT molecular complexity index is 655. The molecule has 2 aromatic rings. The SMILES string of the molecule is Cc1noc(C(NC(=O)c2ccc(O)c(Cl)c2)C(C)C)n1. The van der Waals surface area contributed by atoms with Crippen LogP contribution in [0.15, 0.2) is 22.7 Å². The molecule has 2 rings (SSSR count). The number of aromatic hydroxyl groups is 1. The van der Waals surface area contributed by atoms with Gasteiger partial charge in [-0.2, -0.15) is 4.98 Å². The number of nitrogens with zero attached hydrogens (tertiary/aromatic N) is 2. The molecule has 7 heteroatoms. The van der Waals surface area contributed by atoms with Crippen molar-refractivity contribution in [1.82, 2.24) is 15.5 Å². The van der Waals surface area contributed by atoms with E-state index < -0.39 is 6.04 Å². The molecule has 1 unspecified atom stereocenters. The Labute approximate surface area is 127 Å². The van der Waals surface area contributed by atoms with Gasteiger partial charge in [-0.3, -0.25) is 4.79 Å². The molecule has 1 aromatic carbocycles. The molecule has 1 atom stereocenters. The molecule has 21 heavy (non-hydrogen) atoms. The highest BCUT2D eigenvalue weighted by Crippen LogP contribution is 2.25. The average Bonchev–Trinajstić information content (AvgIpc) is 2.84. The number of hydrogen-bond acceptors (Lipinski definition) is 5. The van der Waals surface area contributed by atoms with E-state index >= 15 is 0 Å². The molecule has 0 bridgehead atoms. The predicted octanol–water partition coefficient (Wildman–Crippen LogP) is 2.86. The summed E-state index contributed by atoms with van der Waals surface area (Å²) in [6.45, 7) is 5.59. The van der Waals surface area contributed by atoms with Crippen molar-refractivity contribution in [3.63, 3.8) is 0 Å². The van der Waals surface area contributed by atoms with E-state index in [1.165, 1.54) is 18.2 Å². The van der Waals surface area contributed by atoms with Gasteiger partial charge in [0.05, 0.1) is 5.02 Å². The van der Waals surface area contributed by atoms with Crippen molar-refractivity contribution in [2.75, 3.05) is 0 Å². The average molecular weight is 310 g/mol. The summed E-state index contributed by atoms with van der Waals surface area (Å²) in [5.41, 5.74) is 0.347. The Balaban J connectivity index is 2.20. The number of phenolic OH excluding ortho intramolecular Hbond substituents is 1. The first kappa shape index (κ1) is 15.3. The van der Waals surface area contributed by atoms with Crippen LogP contribution in [0.3, 0.4) is 0 Å². The molecule has 0 saturated heterocycles. The second-order valence-corrected chi connectivity index (χ2v) is 5.45. The van der Waals surface area contributed by atoms with Crippen molar-refractivity contribution in [2.45, 2.75) is 26.8 Å². The summed E-state index contributed by atoms with van der Waals surface area (Å²) < 4.78 is 5.13. The number of rotatable bonds is 4. The zero-order valence-electron chi connectivity index (χ0n) is 11.9. The van der Waals surface area contributed by atoms with E-state index in [1.54, 1.807) is 6.92 Å². The molecule has 0 aliphatic heterocycles. The largest absolute Gasteiger partial charge is 0.506 e. The molecule has 0 fully saturated rings. The third-order valence-corrected chi connectivity index (χ3v) is 3.28. The molecular formula is C14H16ClN3O3. The summed E-state index contributed by atoms with van der Waals surface area (Å²) in [6.07, 6.45) is 0. The first-order chi connectivity index (χ1) is 9.88. The summed E-state index contributed by atoms with van der Waals surface area (Å²) >= 11 is 5.81. The molecule has 1 heterocycles. The lowest BCUT2D eigenvalue weighted by atomic mass is 10.0. The van der Waals surface area contributed by atoms with Gasteiger partial charge in [-0.1, -0.05) is 30.6 Å². The number of phenols is 1. The van der Waals surface area contributed by atoms with Crippen LogP contribution in [-0.2, 0) is 0 Å². The van der Waals surface area contributed by atoms with Crippen LogP contribution in [0, 0.1) is 12.8 Å².